The normalized spacial score (nSPS) is 22.2. The van der Waals surface area contributed by atoms with Crippen molar-refractivity contribution in [2.75, 3.05) is 13.2 Å². The Morgan fingerprint density at radius 1 is 0.771 bits per heavy atom. The number of hydrogen-bond donors (Lipinski definition) is 0. The highest BCUT2D eigenvalue weighted by molar-refractivity contribution is 5.65. The van der Waals surface area contributed by atoms with Crippen LogP contribution in [0.5, 0.6) is 11.5 Å². The van der Waals surface area contributed by atoms with Gasteiger partial charge in [0.15, 0.2) is 17.9 Å². The van der Waals surface area contributed by atoms with Crippen LogP contribution in [0.4, 0.5) is 39.5 Å². The Kier molecular flexibility index (Phi) is 11.0. The van der Waals surface area contributed by atoms with Crippen LogP contribution in [-0.2, 0) is 15.6 Å². The van der Waals surface area contributed by atoms with Crippen molar-refractivity contribution in [2.45, 2.75) is 70.1 Å². The molecule has 1 aliphatic carbocycles. The second kappa shape index (κ2) is 14.8. The average molecular weight is 689 g/mol. The van der Waals surface area contributed by atoms with Crippen molar-refractivity contribution < 1.29 is 58.5 Å². The van der Waals surface area contributed by atoms with Crippen molar-refractivity contribution >= 4 is 0 Å². The van der Waals surface area contributed by atoms with E-state index in [1.165, 1.54) is 12.1 Å². The first-order valence-corrected chi connectivity index (χ1v) is 15.5. The Bertz CT molecular complexity index is 1570. The molecule has 1 heterocycles. The van der Waals surface area contributed by atoms with Crippen LogP contribution in [0, 0.1) is 35.1 Å². The average Bonchev–Trinajstić information content (AvgIpc) is 3.01. The Labute approximate surface area is 271 Å². The van der Waals surface area contributed by atoms with Crippen molar-refractivity contribution in [1.82, 2.24) is 0 Å². The maximum absolute atomic E-state index is 15.3. The summed E-state index contributed by atoms with van der Waals surface area (Å²) in [6.45, 7) is 3.29. The molecule has 2 fully saturated rings. The van der Waals surface area contributed by atoms with Crippen LogP contribution in [0.3, 0.4) is 0 Å². The number of hydrogen-bond acceptors (Lipinski definition) is 4. The molecule has 3 aromatic rings. The number of alkyl halides is 5. The fourth-order valence-electron chi connectivity index (χ4n) is 6.20. The van der Waals surface area contributed by atoms with Gasteiger partial charge in [0.05, 0.1) is 13.2 Å². The first kappa shape index (κ1) is 35.6. The topological polar surface area (TPSA) is 36.9 Å². The molecule has 260 valence electrons. The van der Waals surface area contributed by atoms with E-state index in [2.05, 4.69) is 15.5 Å². The van der Waals surface area contributed by atoms with Gasteiger partial charge in [-0.3, -0.25) is 0 Å². The van der Waals surface area contributed by atoms with Gasteiger partial charge in [0.2, 0.25) is 0 Å². The zero-order valence-electron chi connectivity index (χ0n) is 25.8. The first-order valence-electron chi connectivity index (χ1n) is 15.5. The lowest BCUT2D eigenvalue weighted by molar-refractivity contribution is -0.275. The van der Waals surface area contributed by atoms with Gasteiger partial charge in [0.25, 0.3) is 0 Å². The molecule has 1 aliphatic heterocycles. The third kappa shape index (κ3) is 8.65. The molecule has 0 unspecified atom stereocenters. The summed E-state index contributed by atoms with van der Waals surface area (Å²) in [7, 11) is 0. The Balaban J connectivity index is 1.22. The van der Waals surface area contributed by atoms with Crippen molar-refractivity contribution in [1.29, 1.82) is 0 Å². The van der Waals surface area contributed by atoms with E-state index in [4.69, 9.17) is 9.47 Å². The van der Waals surface area contributed by atoms with Crippen LogP contribution in [0.25, 0.3) is 11.1 Å². The van der Waals surface area contributed by atoms with Gasteiger partial charge in [-0.15, -0.1) is 13.2 Å². The monoisotopic (exact) mass is 688 g/mol. The zero-order chi connectivity index (χ0) is 34.6. The van der Waals surface area contributed by atoms with Crippen LogP contribution >= 0.6 is 0 Å². The second-order valence-electron chi connectivity index (χ2n) is 12.0. The lowest BCUT2D eigenvalue weighted by Gasteiger charge is -2.37. The van der Waals surface area contributed by atoms with Gasteiger partial charge >= 0.3 is 12.5 Å². The summed E-state index contributed by atoms with van der Waals surface area (Å²) < 4.78 is 146. The quantitative estimate of drug-likeness (QED) is 0.157. The third-order valence-electron chi connectivity index (χ3n) is 8.61. The van der Waals surface area contributed by atoms with Gasteiger partial charge in [0.1, 0.15) is 28.8 Å². The highest BCUT2D eigenvalue weighted by Gasteiger charge is 2.42. The Hall–Kier alpha value is -3.71. The van der Waals surface area contributed by atoms with E-state index in [1.807, 2.05) is 13.0 Å². The standard InChI is InChI=1S/C35H33F9O4/c1-2-3-4-5-20-18-45-33(46-19-20)22-8-6-21(7-9-22)23-10-12-26(27(36)14-23)24-15-29(38)32(30(39)16-24)34(40,41)47-25-11-13-31(28(37)17-25)48-35(42,43)44/h2-3,10-17,20-22,33H,4-9,18-19H2,1H3/b3-2+. The number of halogens is 9. The molecule has 0 amide bonds. The smallest absolute Gasteiger partial charge is 0.429 e. The fourth-order valence-corrected chi connectivity index (χ4v) is 6.20. The molecule has 0 N–H and O–H groups in total. The van der Waals surface area contributed by atoms with Crippen LogP contribution in [0.2, 0.25) is 0 Å². The number of rotatable bonds is 10. The lowest BCUT2D eigenvalue weighted by atomic mass is 9.78. The summed E-state index contributed by atoms with van der Waals surface area (Å²) in [5.41, 5.74) is -1.74. The molecule has 1 saturated carbocycles. The Morgan fingerprint density at radius 2 is 1.44 bits per heavy atom. The van der Waals surface area contributed by atoms with Crippen LogP contribution < -0.4 is 9.47 Å². The van der Waals surface area contributed by atoms with Gasteiger partial charge in [-0.25, -0.2) is 17.6 Å². The minimum atomic E-state index is -5.25. The van der Waals surface area contributed by atoms with Gasteiger partial charge < -0.3 is 18.9 Å². The fraction of sp³-hybridized carbons (Fsp3) is 0.429. The van der Waals surface area contributed by atoms with E-state index in [9.17, 15) is 35.1 Å². The Morgan fingerprint density at radius 3 is 2.02 bits per heavy atom. The third-order valence-corrected chi connectivity index (χ3v) is 8.61. The molecular weight excluding hydrogens is 655 g/mol. The van der Waals surface area contributed by atoms with E-state index >= 15 is 4.39 Å². The van der Waals surface area contributed by atoms with Gasteiger partial charge in [-0.2, -0.15) is 8.78 Å². The molecular formula is C35H33F9O4. The van der Waals surface area contributed by atoms with Crippen LogP contribution in [-0.4, -0.2) is 25.9 Å². The number of benzene rings is 3. The minimum Gasteiger partial charge on any atom is -0.429 e. The highest BCUT2D eigenvalue weighted by atomic mass is 19.4. The predicted octanol–water partition coefficient (Wildman–Crippen LogP) is 10.6. The summed E-state index contributed by atoms with van der Waals surface area (Å²) in [5.74, 6) is -7.83. The summed E-state index contributed by atoms with van der Waals surface area (Å²) >= 11 is 0. The summed E-state index contributed by atoms with van der Waals surface area (Å²) in [5, 5.41) is 0. The maximum Gasteiger partial charge on any atom is 0.573 e. The molecule has 1 saturated heterocycles. The molecule has 48 heavy (non-hydrogen) atoms. The van der Waals surface area contributed by atoms with Crippen molar-refractivity contribution in [2.24, 2.45) is 11.8 Å². The molecule has 0 atom stereocenters. The number of ether oxygens (including phenoxy) is 4. The maximum atomic E-state index is 15.3. The minimum absolute atomic E-state index is 0.0348. The molecule has 3 aromatic carbocycles. The summed E-state index contributed by atoms with van der Waals surface area (Å²) in [4.78, 5) is 0. The second-order valence-corrected chi connectivity index (χ2v) is 12.0. The van der Waals surface area contributed by atoms with E-state index in [-0.39, 0.29) is 35.3 Å². The van der Waals surface area contributed by atoms with Crippen LogP contribution in [0.15, 0.2) is 60.7 Å². The summed E-state index contributed by atoms with van der Waals surface area (Å²) in [6, 6.07) is 6.26. The van der Waals surface area contributed by atoms with Crippen molar-refractivity contribution in [3.8, 4) is 22.6 Å². The van der Waals surface area contributed by atoms with Crippen molar-refractivity contribution in [3.05, 3.63) is 95.1 Å². The predicted molar refractivity (Wildman–Crippen MR) is 157 cm³/mol. The lowest BCUT2D eigenvalue weighted by Crippen LogP contribution is -2.38. The van der Waals surface area contributed by atoms with Crippen molar-refractivity contribution in [3.63, 3.8) is 0 Å². The largest absolute Gasteiger partial charge is 0.573 e. The molecule has 2 aliphatic rings. The van der Waals surface area contributed by atoms with E-state index in [0.717, 1.165) is 38.5 Å². The molecule has 0 radical (unpaired) electrons. The first-order chi connectivity index (χ1) is 22.7. The number of allylic oxidation sites excluding steroid dienone is 2. The van der Waals surface area contributed by atoms with Gasteiger partial charge in [-0.1, -0.05) is 24.3 Å². The molecule has 0 aromatic heterocycles. The molecule has 4 nitrogen and oxygen atoms in total. The van der Waals surface area contributed by atoms with E-state index in [1.54, 1.807) is 6.07 Å². The molecule has 0 bridgehead atoms. The molecule has 0 spiro atoms. The van der Waals surface area contributed by atoms with E-state index in [0.29, 0.717) is 49.0 Å². The zero-order valence-corrected chi connectivity index (χ0v) is 25.8. The highest BCUT2D eigenvalue weighted by Crippen LogP contribution is 2.42. The SMILES string of the molecule is C/C=C/CCC1COC(C2CCC(c3ccc(-c4cc(F)c(C(F)(F)Oc5ccc(OC(F)(F)F)c(F)c5)c(F)c4)c(F)c3)CC2)OC1. The van der Waals surface area contributed by atoms with E-state index < -0.39 is 52.8 Å². The van der Waals surface area contributed by atoms with Crippen LogP contribution in [0.1, 0.15) is 62.5 Å². The summed E-state index contributed by atoms with van der Waals surface area (Å²) in [6.07, 6.45) is -0.985. The van der Waals surface area contributed by atoms with Gasteiger partial charge in [0, 0.05) is 23.5 Å². The van der Waals surface area contributed by atoms with Gasteiger partial charge in [-0.05, 0) is 92.8 Å². The molecule has 13 heteroatoms. The molecule has 5 rings (SSSR count).